The van der Waals surface area contributed by atoms with Gasteiger partial charge in [0.15, 0.2) is 0 Å². The SMILES string of the molecule is O=C1CCc2cc(C3(CS)COC3)ccc2N1. The molecule has 1 amide bonds. The third-order valence-electron chi connectivity index (χ3n) is 3.67. The van der Waals surface area contributed by atoms with Crippen molar-refractivity contribution in [3.05, 3.63) is 29.3 Å². The van der Waals surface area contributed by atoms with Gasteiger partial charge in [-0.15, -0.1) is 0 Å². The zero-order chi connectivity index (χ0) is 11.9. The number of anilines is 1. The van der Waals surface area contributed by atoms with Crippen LogP contribution in [0.15, 0.2) is 18.2 Å². The molecule has 2 heterocycles. The maximum absolute atomic E-state index is 11.3. The normalized spacial score (nSPS) is 21.4. The first-order valence-corrected chi connectivity index (χ1v) is 6.49. The second kappa shape index (κ2) is 4.03. The summed E-state index contributed by atoms with van der Waals surface area (Å²) in [4.78, 5) is 11.3. The van der Waals surface area contributed by atoms with E-state index in [0.29, 0.717) is 6.42 Å². The van der Waals surface area contributed by atoms with Crippen LogP contribution in [0.2, 0.25) is 0 Å². The summed E-state index contributed by atoms with van der Waals surface area (Å²) in [5, 5.41) is 2.90. The maximum Gasteiger partial charge on any atom is 0.224 e. The molecule has 1 aromatic carbocycles. The molecule has 1 aromatic rings. The molecule has 3 nitrogen and oxygen atoms in total. The Labute approximate surface area is 106 Å². The summed E-state index contributed by atoms with van der Waals surface area (Å²) in [5.41, 5.74) is 3.56. The number of amides is 1. The maximum atomic E-state index is 11.3. The molecule has 1 saturated heterocycles. The summed E-state index contributed by atoms with van der Waals surface area (Å²) < 4.78 is 5.33. The van der Waals surface area contributed by atoms with Crippen molar-refractivity contribution < 1.29 is 9.53 Å². The fourth-order valence-electron chi connectivity index (χ4n) is 2.41. The van der Waals surface area contributed by atoms with Crippen molar-refractivity contribution in [2.24, 2.45) is 0 Å². The predicted molar refractivity (Wildman–Crippen MR) is 69.7 cm³/mol. The molecule has 2 aliphatic rings. The lowest BCUT2D eigenvalue weighted by atomic mass is 9.79. The Bertz CT molecular complexity index is 463. The van der Waals surface area contributed by atoms with Crippen LogP contribution in [-0.4, -0.2) is 24.9 Å². The van der Waals surface area contributed by atoms with Crippen LogP contribution in [0.25, 0.3) is 0 Å². The van der Waals surface area contributed by atoms with Crippen LogP contribution in [0.4, 0.5) is 5.69 Å². The Hall–Kier alpha value is -1.00. The standard InChI is InChI=1S/C13H15NO2S/c15-12-4-1-9-5-10(2-3-11(9)14-12)13(8-17)6-16-7-13/h2-3,5,17H,1,4,6-8H2,(H,14,15). The summed E-state index contributed by atoms with van der Waals surface area (Å²) in [6, 6.07) is 6.29. The lowest BCUT2D eigenvalue weighted by molar-refractivity contribution is -0.116. The van der Waals surface area contributed by atoms with Gasteiger partial charge in [-0.3, -0.25) is 4.79 Å². The van der Waals surface area contributed by atoms with E-state index in [-0.39, 0.29) is 11.3 Å². The molecule has 17 heavy (non-hydrogen) atoms. The average Bonchev–Trinajstić information content (AvgIpc) is 2.28. The molecule has 1 fully saturated rings. The third kappa shape index (κ3) is 1.76. The molecule has 0 unspecified atom stereocenters. The van der Waals surface area contributed by atoms with Crippen molar-refractivity contribution in [2.45, 2.75) is 18.3 Å². The van der Waals surface area contributed by atoms with Gasteiger partial charge in [0.05, 0.1) is 18.6 Å². The Morgan fingerprint density at radius 1 is 1.35 bits per heavy atom. The topological polar surface area (TPSA) is 38.3 Å². The molecule has 3 rings (SSSR count). The van der Waals surface area contributed by atoms with E-state index in [4.69, 9.17) is 4.74 Å². The lowest BCUT2D eigenvalue weighted by Crippen LogP contribution is -2.48. The van der Waals surface area contributed by atoms with Gasteiger partial charge in [0.25, 0.3) is 0 Å². The van der Waals surface area contributed by atoms with Crippen LogP contribution in [-0.2, 0) is 21.4 Å². The van der Waals surface area contributed by atoms with Crippen molar-refractivity contribution in [3.8, 4) is 0 Å². The van der Waals surface area contributed by atoms with E-state index >= 15 is 0 Å². The Balaban J connectivity index is 1.96. The number of aryl methyl sites for hydroxylation is 1. The van der Waals surface area contributed by atoms with Gasteiger partial charge in [0, 0.05) is 17.9 Å². The van der Waals surface area contributed by atoms with E-state index in [1.54, 1.807) is 0 Å². The monoisotopic (exact) mass is 249 g/mol. The number of rotatable bonds is 2. The quantitative estimate of drug-likeness (QED) is 0.784. The summed E-state index contributed by atoms with van der Waals surface area (Å²) in [7, 11) is 0. The number of ether oxygens (including phenoxy) is 1. The molecule has 0 bridgehead atoms. The largest absolute Gasteiger partial charge is 0.379 e. The Morgan fingerprint density at radius 3 is 2.82 bits per heavy atom. The third-order valence-corrected chi connectivity index (χ3v) is 4.28. The molecule has 0 aliphatic carbocycles. The number of thiol groups is 1. The fourth-order valence-corrected chi connectivity index (χ4v) is 2.78. The van der Waals surface area contributed by atoms with Crippen molar-refractivity contribution in [1.82, 2.24) is 0 Å². The van der Waals surface area contributed by atoms with E-state index in [9.17, 15) is 4.79 Å². The van der Waals surface area contributed by atoms with Gasteiger partial charge in [-0.25, -0.2) is 0 Å². The smallest absolute Gasteiger partial charge is 0.224 e. The van der Waals surface area contributed by atoms with Gasteiger partial charge in [0.1, 0.15) is 0 Å². The number of carbonyl (C=O) groups excluding carboxylic acids is 1. The van der Waals surface area contributed by atoms with Crippen LogP contribution >= 0.6 is 12.6 Å². The van der Waals surface area contributed by atoms with Gasteiger partial charge >= 0.3 is 0 Å². The van der Waals surface area contributed by atoms with Gasteiger partial charge < -0.3 is 10.1 Å². The summed E-state index contributed by atoms with van der Waals surface area (Å²) in [6.45, 7) is 1.50. The summed E-state index contributed by atoms with van der Waals surface area (Å²) in [5.74, 6) is 0.916. The molecular formula is C13H15NO2S. The van der Waals surface area contributed by atoms with Crippen LogP contribution in [0.1, 0.15) is 17.5 Å². The van der Waals surface area contributed by atoms with Crippen molar-refractivity contribution >= 4 is 24.2 Å². The first-order valence-electron chi connectivity index (χ1n) is 5.85. The minimum Gasteiger partial charge on any atom is -0.379 e. The molecule has 0 aromatic heterocycles. The second-order valence-corrected chi connectivity index (χ2v) is 5.17. The molecule has 2 aliphatic heterocycles. The molecule has 4 heteroatoms. The number of hydrogen-bond acceptors (Lipinski definition) is 3. The first kappa shape index (κ1) is 11.1. The number of carbonyl (C=O) groups is 1. The average molecular weight is 249 g/mol. The highest BCUT2D eigenvalue weighted by Crippen LogP contribution is 2.36. The molecule has 0 radical (unpaired) electrons. The molecule has 0 saturated carbocycles. The lowest BCUT2D eigenvalue weighted by Gasteiger charge is -2.41. The van der Waals surface area contributed by atoms with Crippen molar-refractivity contribution in [2.75, 3.05) is 24.3 Å². The van der Waals surface area contributed by atoms with E-state index in [1.165, 1.54) is 11.1 Å². The van der Waals surface area contributed by atoms with E-state index in [2.05, 4.69) is 30.1 Å². The van der Waals surface area contributed by atoms with Crippen LogP contribution < -0.4 is 5.32 Å². The van der Waals surface area contributed by atoms with E-state index in [0.717, 1.165) is 31.1 Å². The highest BCUT2D eigenvalue weighted by Gasteiger charge is 2.39. The Kier molecular flexibility index (Phi) is 2.64. The number of hydrogen-bond donors (Lipinski definition) is 2. The molecule has 0 spiro atoms. The van der Waals surface area contributed by atoms with Crippen LogP contribution in [0.3, 0.4) is 0 Å². The molecule has 90 valence electrons. The van der Waals surface area contributed by atoms with Crippen LogP contribution in [0.5, 0.6) is 0 Å². The van der Waals surface area contributed by atoms with Gasteiger partial charge in [-0.05, 0) is 23.6 Å². The van der Waals surface area contributed by atoms with Gasteiger partial charge in [-0.2, -0.15) is 12.6 Å². The number of benzene rings is 1. The zero-order valence-corrected chi connectivity index (χ0v) is 10.4. The number of fused-ring (bicyclic) bond motifs is 1. The van der Waals surface area contributed by atoms with E-state index < -0.39 is 0 Å². The van der Waals surface area contributed by atoms with Crippen molar-refractivity contribution in [1.29, 1.82) is 0 Å². The van der Waals surface area contributed by atoms with E-state index in [1.807, 2.05) is 6.07 Å². The zero-order valence-electron chi connectivity index (χ0n) is 9.53. The summed E-state index contributed by atoms with van der Waals surface area (Å²) in [6.07, 6.45) is 1.42. The predicted octanol–water partition coefficient (Wildman–Crippen LogP) is 1.77. The van der Waals surface area contributed by atoms with Crippen molar-refractivity contribution in [3.63, 3.8) is 0 Å². The number of nitrogens with one attached hydrogen (secondary N) is 1. The van der Waals surface area contributed by atoms with Gasteiger partial charge in [-0.1, -0.05) is 12.1 Å². The molecule has 1 N–H and O–H groups in total. The van der Waals surface area contributed by atoms with Gasteiger partial charge in [0.2, 0.25) is 5.91 Å². The van der Waals surface area contributed by atoms with Crippen LogP contribution in [0, 0.1) is 0 Å². The molecule has 0 atom stereocenters. The first-order chi connectivity index (χ1) is 8.23. The fraction of sp³-hybridized carbons (Fsp3) is 0.462. The Morgan fingerprint density at radius 2 is 2.18 bits per heavy atom. The molecular weight excluding hydrogens is 234 g/mol. The second-order valence-electron chi connectivity index (χ2n) is 4.85. The highest BCUT2D eigenvalue weighted by atomic mass is 32.1. The highest BCUT2D eigenvalue weighted by molar-refractivity contribution is 7.80. The minimum absolute atomic E-state index is 0.0829. The minimum atomic E-state index is 0.0829. The summed E-state index contributed by atoms with van der Waals surface area (Å²) >= 11 is 4.43.